The minimum Gasteiger partial charge on any atom is -0.396 e. The van der Waals surface area contributed by atoms with Gasteiger partial charge in [0.1, 0.15) is 0 Å². The van der Waals surface area contributed by atoms with Gasteiger partial charge in [0.2, 0.25) is 0 Å². The summed E-state index contributed by atoms with van der Waals surface area (Å²) < 4.78 is 0. The van der Waals surface area contributed by atoms with E-state index < -0.39 is 0 Å². The van der Waals surface area contributed by atoms with Crippen molar-refractivity contribution in [1.29, 1.82) is 0 Å². The van der Waals surface area contributed by atoms with Gasteiger partial charge < -0.3 is 5.11 Å². The fraction of sp³-hybridized carbons (Fsp3) is 0.571. The molecule has 1 aromatic rings. The number of aryl methyl sites for hydroxylation is 1. The molecule has 3 aliphatic carbocycles. The molecule has 3 saturated carbocycles. The van der Waals surface area contributed by atoms with E-state index in [4.69, 9.17) is 0 Å². The highest BCUT2D eigenvalue weighted by Crippen LogP contribution is 2.73. The fourth-order valence-corrected chi connectivity index (χ4v) is 3.57. The molecule has 0 heterocycles. The molecule has 0 spiro atoms. The van der Waals surface area contributed by atoms with Crippen molar-refractivity contribution >= 4 is 0 Å². The predicted octanol–water partition coefficient (Wildman–Crippen LogP) is 2.66. The first-order valence-electron chi connectivity index (χ1n) is 5.92. The zero-order chi connectivity index (χ0) is 10.5. The SMILES string of the molecule is CCc1ccc(C23CC(CO)(C2)C3)cc1. The van der Waals surface area contributed by atoms with Crippen molar-refractivity contribution < 1.29 is 5.11 Å². The van der Waals surface area contributed by atoms with Crippen LogP contribution in [0.5, 0.6) is 0 Å². The van der Waals surface area contributed by atoms with E-state index in [0.717, 1.165) is 6.42 Å². The summed E-state index contributed by atoms with van der Waals surface area (Å²) in [5.41, 5.74) is 3.69. The molecule has 4 rings (SSSR count). The molecule has 15 heavy (non-hydrogen) atoms. The molecule has 0 saturated heterocycles. The van der Waals surface area contributed by atoms with Gasteiger partial charge in [-0.2, -0.15) is 0 Å². The van der Waals surface area contributed by atoms with Gasteiger partial charge >= 0.3 is 0 Å². The monoisotopic (exact) mass is 202 g/mol. The zero-order valence-corrected chi connectivity index (χ0v) is 9.29. The Kier molecular flexibility index (Phi) is 1.79. The van der Waals surface area contributed by atoms with Crippen molar-refractivity contribution in [1.82, 2.24) is 0 Å². The van der Waals surface area contributed by atoms with Gasteiger partial charge in [0.25, 0.3) is 0 Å². The Morgan fingerprint density at radius 3 is 2.20 bits per heavy atom. The van der Waals surface area contributed by atoms with Crippen molar-refractivity contribution in [2.45, 2.75) is 38.0 Å². The molecule has 1 aromatic carbocycles. The van der Waals surface area contributed by atoms with Crippen LogP contribution < -0.4 is 0 Å². The number of hydrogen-bond donors (Lipinski definition) is 1. The van der Waals surface area contributed by atoms with Crippen LogP contribution in [-0.2, 0) is 11.8 Å². The Bertz CT molecular complexity index is 357. The fourth-order valence-electron chi connectivity index (χ4n) is 3.57. The standard InChI is InChI=1S/C14H18O/c1-2-11-3-5-12(6-4-11)14-7-13(8-14,9-14)10-15/h3-6,15H,2,7-10H2,1H3. The molecule has 0 unspecified atom stereocenters. The van der Waals surface area contributed by atoms with Crippen molar-refractivity contribution in [3.63, 3.8) is 0 Å². The lowest BCUT2D eigenvalue weighted by Crippen LogP contribution is -2.66. The van der Waals surface area contributed by atoms with Crippen LogP contribution in [-0.4, -0.2) is 11.7 Å². The number of aliphatic hydroxyl groups is 1. The maximum absolute atomic E-state index is 9.23. The van der Waals surface area contributed by atoms with Crippen LogP contribution in [0.25, 0.3) is 0 Å². The molecule has 0 radical (unpaired) electrons. The summed E-state index contributed by atoms with van der Waals surface area (Å²) in [6, 6.07) is 9.08. The second kappa shape index (κ2) is 2.85. The van der Waals surface area contributed by atoms with E-state index in [1.165, 1.54) is 30.4 Å². The molecule has 0 aromatic heterocycles. The summed E-state index contributed by atoms with van der Waals surface area (Å²) in [7, 11) is 0. The molecular formula is C14H18O. The molecule has 80 valence electrons. The van der Waals surface area contributed by atoms with Crippen LogP contribution in [0.3, 0.4) is 0 Å². The maximum Gasteiger partial charge on any atom is 0.0488 e. The summed E-state index contributed by atoms with van der Waals surface area (Å²) in [5.74, 6) is 0. The van der Waals surface area contributed by atoms with E-state index in [1.54, 1.807) is 0 Å². The highest BCUT2D eigenvalue weighted by molar-refractivity contribution is 5.39. The lowest BCUT2D eigenvalue weighted by Gasteiger charge is -2.70. The molecule has 0 amide bonds. The largest absolute Gasteiger partial charge is 0.396 e. The van der Waals surface area contributed by atoms with Gasteiger partial charge in [-0.05, 0) is 47.6 Å². The van der Waals surface area contributed by atoms with Crippen molar-refractivity contribution in [3.05, 3.63) is 35.4 Å². The first kappa shape index (κ1) is 9.41. The smallest absolute Gasteiger partial charge is 0.0488 e. The van der Waals surface area contributed by atoms with Gasteiger partial charge in [0.05, 0.1) is 0 Å². The maximum atomic E-state index is 9.23. The Balaban J connectivity index is 1.79. The van der Waals surface area contributed by atoms with Gasteiger partial charge in [0, 0.05) is 6.61 Å². The number of aliphatic hydroxyl groups excluding tert-OH is 1. The number of hydrogen-bond acceptors (Lipinski definition) is 1. The normalized spacial score (nSPS) is 36.9. The molecular weight excluding hydrogens is 184 g/mol. The average Bonchev–Trinajstić information content (AvgIpc) is 2.16. The highest BCUT2D eigenvalue weighted by atomic mass is 16.3. The van der Waals surface area contributed by atoms with E-state index in [9.17, 15) is 5.11 Å². The second-order valence-electron chi connectivity index (χ2n) is 5.52. The lowest BCUT2D eigenvalue weighted by molar-refractivity contribution is -0.167. The number of rotatable bonds is 3. The second-order valence-corrected chi connectivity index (χ2v) is 5.52. The van der Waals surface area contributed by atoms with Crippen LogP contribution in [0.1, 0.15) is 37.3 Å². The minimum absolute atomic E-state index is 0.323. The number of benzene rings is 1. The third-order valence-electron chi connectivity index (χ3n) is 4.45. The first-order valence-corrected chi connectivity index (χ1v) is 5.92. The quantitative estimate of drug-likeness (QED) is 0.799. The highest BCUT2D eigenvalue weighted by Gasteiger charge is 2.67. The van der Waals surface area contributed by atoms with Gasteiger partial charge in [-0.25, -0.2) is 0 Å². The molecule has 1 heteroatoms. The molecule has 3 fully saturated rings. The first-order chi connectivity index (χ1) is 7.22. The van der Waals surface area contributed by atoms with Crippen LogP contribution in [0.2, 0.25) is 0 Å². The van der Waals surface area contributed by atoms with E-state index in [2.05, 4.69) is 31.2 Å². The van der Waals surface area contributed by atoms with Crippen LogP contribution in [0.4, 0.5) is 0 Å². The van der Waals surface area contributed by atoms with Gasteiger partial charge in [-0.3, -0.25) is 0 Å². The summed E-state index contributed by atoms with van der Waals surface area (Å²) in [4.78, 5) is 0. The molecule has 0 atom stereocenters. The third kappa shape index (κ3) is 1.13. The summed E-state index contributed by atoms with van der Waals surface area (Å²) in [6.07, 6.45) is 4.75. The average molecular weight is 202 g/mol. The third-order valence-corrected chi connectivity index (χ3v) is 4.45. The molecule has 0 aliphatic heterocycles. The van der Waals surface area contributed by atoms with Crippen LogP contribution in [0, 0.1) is 5.41 Å². The molecule has 1 N–H and O–H groups in total. The van der Waals surface area contributed by atoms with Crippen molar-refractivity contribution in [2.75, 3.05) is 6.61 Å². The van der Waals surface area contributed by atoms with Crippen LogP contribution in [0.15, 0.2) is 24.3 Å². The van der Waals surface area contributed by atoms with E-state index in [0.29, 0.717) is 17.4 Å². The van der Waals surface area contributed by atoms with E-state index >= 15 is 0 Å². The van der Waals surface area contributed by atoms with Gasteiger partial charge in [-0.1, -0.05) is 31.2 Å². The minimum atomic E-state index is 0.323. The Labute approximate surface area is 91.1 Å². The Morgan fingerprint density at radius 2 is 1.73 bits per heavy atom. The van der Waals surface area contributed by atoms with Crippen LogP contribution >= 0.6 is 0 Å². The van der Waals surface area contributed by atoms with Crippen molar-refractivity contribution in [3.8, 4) is 0 Å². The molecule has 2 bridgehead atoms. The Hall–Kier alpha value is -0.820. The van der Waals surface area contributed by atoms with Crippen molar-refractivity contribution in [2.24, 2.45) is 5.41 Å². The van der Waals surface area contributed by atoms with E-state index in [-0.39, 0.29) is 0 Å². The molecule has 3 aliphatic rings. The predicted molar refractivity (Wildman–Crippen MR) is 60.9 cm³/mol. The Morgan fingerprint density at radius 1 is 1.13 bits per heavy atom. The van der Waals surface area contributed by atoms with Gasteiger partial charge in [0.15, 0.2) is 0 Å². The van der Waals surface area contributed by atoms with Gasteiger partial charge in [-0.15, -0.1) is 0 Å². The summed E-state index contributed by atoms with van der Waals surface area (Å²) in [5, 5.41) is 9.23. The molecule has 1 nitrogen and oxygen atoms in total. The summed E-state index contributed by atoms with van der Waals surface area (Å²) in [6.45, 7) is 2.58. The topological polar surface area (TPSA) is 20.2 Å². The zero-order valence-electron chi connectivity index (χ0n) is 9.29. The van der Waals surface area contributed by atoms with E-state index in [1.807, 2.05) is 0 Å². The summed E-state index contributed by atoms with van der Waals surface area (Å²) >= 11 is 0. The lowest BCUT2D eigenvalue weighted by atomic mass is 9.34.